The van der Waals surface area contributed by atoms with E-state index in [1.54, 1.807) is 13.2 Å². The Balaban J connectivity index is 1.56. The lowest BCUT2D eigenvalue weighted by molar-refractivity contribution is 0.665. The molecule has 124 valence electrons. The number of nitrogens with one attached hydrogen (secondary N) is 2. The minimum Gasteiger partial charge on any atom is -0.355 e. The maximum atomic E-state index is 4.28. The van der Waals surface area contributed by atoms with Crippen LogP contribution in [-0.4, -0.2) is 33.7 Å². The zero-order valence-corrected chi connectivity index (χ0v) is 13.8. The highest BCUT2D eigenvalue weighted by molar-refractivity contribution is 5.79. The lowest BCUT2D eigenvalue weighted by Crippen LogP contribution is -2.38. The van der Waals surface area contributed by atoms with Crippen LogP contribution < -0.4 is 10.6 Å². The number of rotatable bonds is 6. The molecule has 2 aromatic heterocycles. The zero-order chi connectivity index (χ0) is 16.6. The first kappa shape index (κ1) is 15.9. The summed E-state index contributed by atoms with van der Waals surface area (Å²) in [6.45, 7) is 2.41. The van der Waals surface area contributed by atoms with E-state index in [1.807, 2.05) is 41.4 Å². The van der Waals surface area contributed by atoms with Crippen LogP contribution in [0.1, 0.15) is 5.56 Å². The van der Waals surface area contributed by atoms with E-state index in [0.29, 0.717) is 6.54 Å². The Labute approximate surface area is 141 Å². The second-order valence-corrected chi connectivity index (χ2v) is 5.37. The maximum Gasteiger partial charge on any atom is 0.191 e. The smallest absolute Gasteiger partial charge is 0.191 e. The molecule has 0 bridgehead atoms. The number of hydrogen-bond acceptors (Lipinski definition) is 2. The van der Waals surface area contributed by atoms with Crippen LogP contribution in [0, 0.1) is 0 Å². The largest absolute Gasteiger partial charge is 0.355 e. The second kappa shape index (κ2) is 8.01. The molecule has 0 aliphatic heterocycles. The number of aromatic nitrogens is 3. The van der Waals surface area contributed by atoms with Crippen molar-refractivity contribution in [3.63, 3.8) is 0 Å². The molecule has 0 amide bonds. The summed E-state index contributed by atoms with van der Waals surface area (Å²) in [5.74, 6) is 0.794. The van der Waals surface area contributed by atoms with Crippen LogP contribution in [0.25, 0.3) is 5.69 Å². The Kier molecular flexibility index (Phi) is 5.29. The van der Waals surface area contributed by atoms with E-state index in [0.717, 1.165) is 24.7 Å². The minimum absolute atomic E-state index is 0.692. The molecule has 2 heterocycles. The number of aliphatic imine (C=N–C) groups is 1. The summed E-state index contributed by atoms with van der Waals surface area (Å²) in [4.78, 5) is 8.40. The first-order valence-corrected chi connectivity index (χ1v) is 7.98. The van der Waals surface area contributed by atoms with Gasteiger partial charge in [0.05, 0.1) is 12.0 Å². The van der Waals surface area contributed by atoms with Gasteiger partial charge < -0.3 is 19.8 Å². The number of hydrogen-bond donors (Lipinski definition) is 2. The van der Waals surface area contributed by atoms with Crippen molar-refractivity contribution in [3.05, 3.63) is 73.1 Å². The van der Waals surface area contributed by atoms with Crippen LogP contribution in [0.4, 0.5) is 0 Å². The van der Waals surface area contributed by atoms with Crippen LogP contribution in [-0.2, 0) is 13.1 Å². The van der Waals surface area contributed by atoms with Crippen molar-refractivity contribution in [2.45, 2.75) is 13.1 Å². The van der Waals surface area contributed by atoms with E-state index in [4.69, 9.17) is 0 Å². The van der Waals surface area contributed by atoms with E-state index >= 15 is 0 Å². The topological polar surface area (TPSA) is 59.2 Å². The van der Waals surface area contributed by atoms with Crippen molar-refractivity contribution < 1.29 is 0 Å². The predicted molar refractivity (Wildman–Crippen MR) is 96.2 cm³/mol. The van der Waals surface area contributed by atoms with Crippen LogP contribution in [0.2, 0.25) is 0 Å². The quantitative estimate of drug-likeness (QED) is 0.539. The van der Waals surface area contributed by atoms with Gasteiger partial charge >= 0.3 is 0 Å². The van der Waals surface area contributed by atoms with Gasteiger partial charge in [-0.2, -0.15) is 0 Å². The van der Waals surface area contributed by atoms with E-state index in [9.17, 15) is 0 Å². The summed E-state index contributed by atoms with van der Waals surface area (Å²) < 4.78 is 4.15. The van der Waals surface area contributed by atoms with Gasteiger partial charge in [-0.15, -0.1) is 0 Å². The van der Waals surface area contributed by atoms with Gasteiger partial charge in [-0.1, -0.05) is 18.2 Å². The highest BCUT2D eigenvalue weighted by Crippen LogP contribution is 2.13. The van der Waals surface area contributed by atoms with E-state index in [2.05, 4.69) is 49.7 Å². The highest BCUT2D eigenvalue weighted by atomic mass is 15.2. The van der Waals surface area contributed by atoms with Crippen molar-refractivity contribution in [2.75, 3.05) is 13.6 Å². The molecule has 0 radical (unpaired) electrons. The normalized spacial score (nSPS) is 11.5. The Hall–Kier alpha value is -3.02. The summed E-state index contributed by atoms with van der Waals surface area (Å²) in [6, 6.07) is 12.3. The minimum atomic E-state index is 0.692. The van der Waals surface area contributed by atoms with Crippen molar-refractivity contribution in [1.29, 1.82) is 0 Å². The van der Waals surface area contributed by atoms with Crippen LogP contribution in [0.3, 0.4) is 0 Å². The van der Waals surface area contributed by atoms with Crippen LogP contribution >= 0.6 is 0 Å². The van der Waals surface area contributed by atoms with Crippen molar-refractivity contribution >= 4 is 5.96 Å². The SMILES string of the molecule is CN=C(NCCn1cccc1)NCc1ccccc1-n1ccnc1. The van der Waals surface area contributed by atoms with Crippen LogP contribution in [0.5, 0.6) is 0 Å². The molecule has 0 aliphatic carbocycles. The van der Waals surface area contributed by atoms with Gasteiger partial charge in [0.15, 0.2) is 5.96 Å². The first-order valence-electron chi connectivity index (χ1n) is 7.98. The summed E-state index contributed by atoms with van der Waals surface area (Å²) in [5, 5.41) is 6.70. The second-order valence-electron chi connectivity index (χ2n) is 5.37. The molecule has 0 saturated carbocycles. The third kappa shape index (κ3) is 4.04. The molecule has 0 atom stereocenters. The number of imidazole rings is 1. The average molecular weight is 322 g/mol. The number of para-hydroxylation sites is 1. The number of nitrogens with zero attached hydrogens (tertiary/aromatic N) is 4. The van der Waals surface area contributed by atoms with E-state index < -0.39 is 0 Å². The molecule has 2 N–H and O–H groups in total. The Morgan fingerprint density at radius 2 is 1.92 bits per heavy atom. The van der Waals surface area contributed by atoms with Gasteiger partial charge in [0.2, 0.25) is 0 Å². The molecule has 0 spiro atoms. The lowest BCUT2D eigenvalue weighted by Gasteiger charge is -2.14. The molecule has 6 nitrogen and oxygen atoms in total. The summed E-state index contributed by atoms with van der Waals surface area (Å²) in [6.07, 6.45) is 9.65. The van der Waals surface area contributed by atoms with Crippen molar-refractivity contribution in [1.82, 2.24) is 24.8 Å². The van der Waals surface area contributed by atoms with E-state index in [-0.39, 0.29) is 0 Å². The number of benzene rings is 1. The molecule has 0 unspecified atom stereocenters. The molecular formula is C18H22N6. The molecular weight excluding hydrogens is 300 g/mol. The fourth-order valence-corrected chi connectivity index (χ4v) is 2.54. The summed E-state index contributed by atoms with van der Waals surface area (Å²) >= 11 is 0. The molecule has 3 aromatic rings. The Morgan fingerprint density at radius 1 is 1.08 bits per heavy atom. The van der Waals surface area contributed by atoms with Gasteiger partial charge in [-0.05, 0) is 23.8 Å². The molecule has 3 rings (SSSR count). The van der Waals surface area contributed by atoms with Gasteiger partial charge in [-0.3, -0.25) is 4.99 Å². The predicted octanol–water partition coefficient (Wildman–Crippen LogP) is 2.04. The molecule has 0 saturated heterocycles. The van der Waals surface area contributed by atoms with Gasteiger partial charge in [-0.25, -0.2) is 4.98 Å². The third-order valence-corrected chi connectivity index (χ3v) is 3.77. The van der Waals surface area contributed by atoms with Gasteiger partial charge in [0.1, 0.15) is 0 Å². The Bertz CT molecular complexity index is 759. The summed E-state index contributed by atoms with van der Waals surface area (Å²) in [5.41, 5.74) is 2.30. The van der Waals surface area contributed by atoms with Crippen LogP contribution in [0.15, 0.2) is 72.5 Å². The van der Waals surface area contributed by atoms with Crippen molar-refractivity contribution in [2.24, 2.45) is 4.99 Å². The fraction of sp³-hybridized carbons (Fsp3) is 0.222. The molecule has 0 fully saturated rings. The first-order chi connectivity index (χ1) is 11.9. The van der Waals surface area contributed by atoms with Gasteiger partial charge in [0.25, 0.3) is 0 Å². The standard InChI is InChI=1S/C18H22N6/c1-19-18(21-9-12-23-10-4-5-11-23)22-14-16-6-2-3-7-17(16)24-13-8-20-15-24/h2-8,10-11,13,15H,9,12,14H2,1H3,(H2,19,21,22). The third-order valence-electron chi connectivity index (χ3n) is 3.77. The zero-order valence-electron chi connectivity index (χ0n) is 13.8. The number of guanidine groups is 1. The summed E-state index contributed by atoms with van der Waals surface area (Å²) in [7, 11) is 1.78. The molecule has 6 heteroatoms. The van der Waals surface area contributed by atoms with Crippen molar-refractivity contribution in [3.8, 4) is 5.69 Å². The lowest BCUT2D eigenvalue weighted by atomic mass is 10.1. The molecule has 0 aliphatic rings. The molecule has 24 heavy (non-hydrogen) atoms. The average Bonchev–Trinajstić information content (AvgIpc) is 3.32. The Morgan fingerprint density at radius 3 is 2.67 bits per heavy atom. The monoisotopic (exact) mass is 322 g/mol. The molecule has 1 aromatic carbocycles. The highest BCUT2D eigenvalue weighted by Gasteiger charge is 2.04. The van der Waals surface area contributed by atoms with E-state index in [1.165, 1.54) is 5.56 Å². The van der Waals surface area contributed by atoms with Gasteiger partial charge in [0, 0.05) is 51.5 Å². The fourth-order valence-electron chi connectivity index (χ4n) is 2.54. The maximum absolute atomic E-state index is 4.28.